The van der Waals surface area contributed by atoms with E-state index in [1.165, 1.54) is 26.8 Å². The second kappa shape index (κ2) is 10.5. The molecule has 5 aromatic rings. The molecule has 0 aliphatic rings. The fourth-order valence-electron chi connectivity index (χ4n) is 5.94. The first-order valence-electron chi connectivity index (χ1n) is 13.6. The number of aromatic nitrogens is 2. The van der Waals surface area contributed by atoms with Crippen molar-refractivity contribution in [2.24, 2.45) is 0 Å². The van der Waals surface area contributed by atoms with Gasteiger partial charge in [-0.3, -0.25) is 0 Å². The van der Waals surface area contributed by atoms with Gasteiger partial charge in [0.1, 0.15) is 19.5 Å². The maximum Gasteiger partial charge on any atom is 0.146 e. The van der Waals surface area contributed by atoms with E-state index >= 15 is 0 Å². The Labute approximate surface area is 232 Å². The molecule has 192 valence electrons. The lowest BCUT2D eigenvalue weighted by Gasteiger charge is -2.38. The molecule has 0 saturated heterocycles. The molecule has 38 heavy (non-hydrogen) atoms. The van der Waals surface area contributed by atoms with Crippen molar-refractivity contribution in [3.05, 3.63) is 84.1 Å². The van der Waals surface area contributed by atoms with Crippen molar-refractivity contribution < 1.29 is 0 Å². The summed E-state index contributed by atoms with van der Waals surface area (Å²) in [5, 5.41) is 2.35. The number of hydrogen-bond acceptors (Lipinski definition) is 3. The predicted molar refractivity (Wildman–Crippen MR) is 168 cm³/mol. The normalized spacial score (nSPS) is 12.1. The number of rotatable bonds is 5. The van der Waals surface area contributed by atoms with Gasteiger partial charge in [0.05, 0.1) is 15.9 Å². The maximum atomic E-state index is 5.21. The molecule has 0 aliphatic carbocycles. The second-order valence-corrected chi connectivity index (χ2v) is 17.9. The lowest BCUT2D eigenvalue weighted by Crippen LogP contribution is -2.43. The standard InChI is InChI=1S/C34H36N2SSi/c1-22(2)38(23(3)4,24(5)6)19-18-29-34(33-17-16-32(37-33)26-14-12-25(7)13-15-26)36-31-21-28-11-9-8-10-27(28)20-30(31)35-29/h8-17,20-24H,1-7H3. The monoisotopic (exact) mass is 532 g/mol. The first-order valence-corrected chi connectivity index (χ1v) is 16.6. The Morgan fingerprint density at radius 2 is 1.24 bits per heavy atom. The minimum Gasteiger partial charge on any atom is -0.242 e. The Balaban J connectivity index is 1.72. The molecule has 0 radical (unpaired) electrons. The molecule has 0 amide bonds. The largest absolute Gasteiger partial charge is 0.242 e. The molecule has 0 N–H and O–H groups in total. The van der Waals surface area contributed by atoms with Gasteiger partial charge in [-0.1, -0.05) is 102 Å². The van der Waals surface area contributed by atoms with Gasteiger partial charge >= 0.3 is 0 Å². The van der Waals surface area contributed by atoms with Gasteiger partial charge < -0.3 is 0 Å². The third-order valence-corrected chi connectivity index (χ3v) is 15.4. The summed E-state index contributed by atoms with van der Waals surface area (Å²) < 4.78 is 0. The van der Waals surface area contributed by atoms with E-state index in [2.05, 4.69) is 133 Å². The Morgan fingerprint density at radius 1 is 0.684 bits per heavy atom. The van der Waals surface area contributed by atoms with Crippen molar-refractivity contribution in [1.82, 2.24) is 9.97 Å². The molecule has 0 fully saturated rings. The zero-order valence-electron chi connectivity index (χ0n) is 23.5. The van der Waals surface area contributed by atoms with Crippen molar-refractivity contribution in [1.29, 1.82) is 0 Å². The van der Waals surface area contributed by atoms with Crippen LogP contribution in [0, 0.1) is 18.4 Å². The van der Waals surface area contributed by atoms with Crippen LogP contribution in [0.15, 0.2) is 72.8 Å². The Morgan fingerprint density at radius 3 is 1.82 bits per heavy atom. The van der Waals surface area contributed by atoms with Crippen molar-refractivity contribution in [3.8, 4) is 32.5 Å². The van der Waals surface area contributed by atoms with Gasteiger partial charge in [-0.2, -0.15) is 0 Å². The highest BCUT2D eigenvalue weighted by atomic mass is 32.1. The summed E-state index contributed by atoms with van der Waals surface area (Å²) in [7, 11) is -1.92. The highest BCUT2D eigenvalue weighted by molar-refractivity contribution is 7.18. The molecule has 0 aliphatic heterocycles. The van der Waals surface area contributed by atoms with Gasteiger partial charge in [0.25, 0.3) is 0 Å². The van der Waals surface area contributed by atoms with E-state index in [4.69, 9.17) is 9.97 Å². The van der Waals surface area contributed by atoms with Crippen LogP contribution in [0.3, 0.4) is 0 Å². The van der Waals surface area contributed by atoms with Crippen LogP contribution in [0.4, 0.5) is 0 Å². The molecule has 3 aromatic carbocycles. The molecule has 2 aromatic heterocycles. The smallest absolute Gasteiger partial charge is 0.146 e. The third kappa shape index (κ3) is 4.82. The fourth-order valence-corrected chi connectivity index (χ4v) is 12.1. The molecule has 0 atom stereocenters. The van der Waals surface area contributed by atoms with E-state index < -0.39 is 8.07 Å². The highest BCUT2D eigenvalue weighted by Gasteiger charge is 2.41. The number of nitrogens with zero attached hydrogens (tertiary/aromatic N) is 2. The predicted octanol–water partition coefficient (Wildman–Crippen LogP) is 10.1. The summed E-state index contributed by atoms with van der Waals surface area (Å²) in [6, 6.07) is 25.8. The maximum absolute atomic E-state index is 5.21. The summed E-state index contributed by atoms with van der Waals surface area (Å²) in [4.78, 5) is 12.7. The number of fused-ring (bicyclic) bond motifs is 2. The summed E-state index contributed by atoms with van der Waals surface area (Å²) in [6.07, 6.45) is 0. The van der Waals surface area contributed by atoms with Gasteiger partial charge in [0.2, 0.25) is 0 Å². The summed E-state index contributed by atoms with van der Waals surface area (Å²) in [5.74, 6) is 3.64. The number of aryl methyl sites for hydroxylation is 1. The molecule has 4 heteroatoms. The average Bonchev–Trinajstić information content (AvgIpc) is 3.37. The van der Waals surface area contributed by atoms with Crippen LogP contribution in [0.25, 0.3) is 42.8 Å². The van der Waals surface area contributed by atoms with Crippen molar-refractivity contribution in [2.45, 2.75) is 65.1 Å². The first kappa shape index (κ1) is 26.3. The van der Waals surface area contributed by atoms with Crippen molar-refractivity contribution in [3.63, 3.8) is 0 Å². The topological polar surface area (TPSA) is 25.8 Å². The van der Waals surface area contributed by atoms with E-state index in [9.17, 15) is 0 Å². The lowest BCUT2D eigenvalue weighted by molar-refractivity contribution is 0.838. The summed E-state index contributed by atoms with van der Waals surface area (Å²) >= 11 is 1.76. The summed E-state index contributed by atoms with van der Waals surface area (Å²) in [6.45, 7) is 16.2. The van der Waals surface area contributed by atoms with Crippen LogP contribution in [0.2, 0.25) is 16.6 Å². The van der Waals surface area contributed by atoms with E-state index in [1.54, 1.807) is 11.3 Å². The van der Waals surface area contributed by atoms with Crippen LogP contribution < -0.4 is 0 Å². The Hall–Kier alpha value is -3.26. The van der Waals surface area contributed by atoms with E-state index in [-0.39, 0.29) is 0 Å². The van der Waals surface area contributed by atoms with E-state index in [0.717, 1.165) is 27.3 Å². The quantitative estimate of drug-likeness (QED) is 0.128. The van der Waals surface area contributed by atoms with E-state index in [1.807, 2.05) is 0 Å². The fraction of sp³-hybridized carbons (Fsp3) is 0.294. The molecule has 0 bridgehead atoms. The third-order valence-electron chi connectivity index (χ3n) is 7.97. The highest BCUT2D eigenvalue weighted by Crippen LogP contribution is 2.41. The average molecular weight is 533 g/mol. The Bertz CT molecular complexity index is 1640. The molecule has 2 nitrogen and oxygen atoms in total. The van der Waals surface area contributed by atoms with Crippen LogP contribution in [0.1, 0.15) is 52.8 Å². The minimum absolute atomic E-state index is 0.561. The van der Waals surface area contributed by atoms with E-state index in [0.29, 0.717) is 16.6 Å². The van der Waals surface area contributed by atoms with Gasteiger partial charge in [-0.15, -0.1) is 16.9 Å². The summed E-state index contributed by atoms with van der Waals surface area (Å²) in [5.41, 5.74) is 11.6. The SMILES string of the molecule is Cc1ccc(-c2ccc(-c3nc4cc5ccccc5cc4nc3C#C[Si](C(C)C)(C(C)C)C(C)C)s2)cc1. The van der Waals surface area contributed by atoms with Crippen LogP contribution in [-0.4, -0.2) is 18.0 Å². The molecule has 0 spiro atoms. The van der Waals surface area contributed by atoms with Gasteiger partial charge in [-0.25, -0.2) is 9.97 Å². The van der Waals surface area contributed by atoms with Crippen LogP contribution in [-0.2, 0) is 0 Å². The number of thiophene rings is 1. The van der Waals surface area contributed by atoms with Gasteiger partial charge in [-0.05, 0) is 64.1 Å². The Kier molecular flexibility index (Phi) is 7.27. The molecule has 0 unspecified atom stereocenters. The molecule has 2 heterocycles. The zero-order valence-corrected chi connectivity index (χ0v) is 25.3. The second-order valence-electron chi connectivity index (χ2n) is 11.3. The number of benzene rings is 3. The van der Waals surface area contributed by atoms with Crippen molar-refractivity contribution >= 4 is 41.2 Å². The molecular weight excluding hydrogens is 497 g/mol. The molecular formula is C34H36N2SSi. The van der Waals surface area contributed by atoms with Crippen LogP contribution >= 0.6 is 11.3 Å². The minimum atomic E-state index is -1.92. The van der Waals surface area contributed by atoms with Gasteiger partial charge in [0.15, 0.2) is 0 Å². The molecule has 0 saturated carbocycles. The lowest BCUT2D eigenvalue weighted by atomic mass is 10.1. The van der Waals surface area contributed by atoms with Crippen LogP contribution in [0.5, 0.6) is 0 Å². The number of hydrogen-bond donors (Lipinski definition) is 0. The molecule has 5 rings (SSSR count). The van der Waals surface area contributed by atoms with Crippen molar-refractivity contribution in [2.75, 3.05) is 0 Å². The van der Waals surface area contributed by atoms with Gasteiger partial charge in [0, 0.05) is 4.88 Å². The zero-order chi connectivity index (χ0) is 27.0. The first-order chi connectivity index (χ1) is 18.2.